The van der Waals surface area contributed by atoms with Crippen molar-refractivity contribution in [2.45, 2.75) is 30.4 Å². The molecule has 0 radical (unpaired) electrons. The fourth-order valence-corrected chi connectivity index (χ4v) is 2.07. The molecule has 16 heavy (non-hydrogen) atoms. The van der Waals surface area contributed by atoms with Gasteiger partial charge in [0, 0.05) is 15.7 Å². The Morgan fingerprint density at radius 1 is 1.25 bits per heavy atom. The van der Waals surface area contributed by atoms with Crippen molar-refractivity contribution in [3.8, 4) is 0 Å². The van der Waals surface area contributed by atoms with Crippen molar-refractivity contribution in [2.75, 3.05) is 0 Å². The van der Waals surface area contributed by atoms with E-state index in [-0.39, 0.29) is 5.78 Å². The molecular formula is C12H14O3S. The Balaban J connectivity index is 2.71. The van der Waals surface area contributed by atoms with Crippen molar-refractivity contribution in [3.05, 3.63) is 29.8 Å². The van der Waals surface area contributed by atoms with Gasteiger partial charge < -0.3 is 5.11 Å². The molecule has 1 rings (SSSR count). The number of aliphatic carboxylic acids is 1. The Morgan fingerprint density at radius 3 is 2.25 bits per heavy atom. The highest BCUT2D eigenvalue weighted by Crippen LogP contribution is 2.23. The summed E-state index contributed by atoms with van der Waals surface area (Å²) in [6.07, 6.45) is -0.448. The lowest BCUT2D eigenvalue weighted by Crippen LogP contribution is -2.06. The zero-order chi connectivity index (χ0) is 12.1. The van der Waals surface area contributed by atoms with Crippen molar-refractivity contribution in [1.82, 2.24) is 0 Å². The fraction of sp³-hybridized carbons (Fsp3) is 0.333. The van der Waals surface area contributed by atoms with Crippen molar-refractivity contribution >= 4 is 23.5 Å². The summed E-state index contributed by atoms with van der Waals surface area (Å²) in [5, 5.41) is 8.98. The number of carboxylic acids is 1. The highest BCUT2D eigenvalue weighted by atomic mass is 32.2. The van der Waals surface area contributed by atoms with Gasteiger partial charge in [0.2, 0.25) is 0 Å². The SMILES string of the molecule is CC(C)Sc1ccc(C(=O)CC(=O)O)cc1. The minimum Gasteiger partial charge on any atom is -0.481 e. The summed E-state index contributed by atoms with van der Waals surface area (Å²) < 4.78 is 0. The summed E-state index contributed by atoms with van der Waals surface area (Å²) in [5.41, 5.74) is 0.454. The summed E-state index contributed by atoms with van der Waals surface area (Å²) in [6, 6.07) is 7.05. The highest BCUT2D eigenvalue weighted by molar-refractivity contribution is 7.99. The third-order valence-electron chi connectivity index (χ3n) is 1.86. The molecule has 0 fully saturated rings. The van der Waals surface area contributed by atoms with Crippen LogP contribution in [0.2, 0.25) is 0 Å². The minimum absolute atomic E-state index is 0.353. The minimum atomic E-state index is -1.09. The molecule has 1 aromatic carbocycles. The van der Waals surface area contributed by atoms with Crippen LogP contribution in [0, 0.1) is 0 Å². The van der Waals surface area contributed by atoms with Gasteiger partial charge >= 0.3 is 5.97 Å². The van der Waals surface area contributed by atoms with Crippen LogP contribution in [0.5, 0.6) is 0 Å². The molecule has 0 saturated heterocycles. The lowest BCUT2D eigenvalue weighted by atomic mass is 10.1. The zero-order valence-electron chi connectivity index (χ0n) is 9.27. The maximum Gasteiger partial charge on any atom is 0.311 e. The maximum atomic E-state index is 11.4. The molecule has 0 heterocycles. The number of carbonyl (C=O) groups is 2. The molecule has 0 bridgehead atoms. The zero-order valence-corrected chi connectivity index (χ0v) is 10.1. The van der Waals surface area contributed by atoms with E-state index in [1.165, 1.54) is 0 Å². The smallest absolute Gasteiger partial charge is 0.311 e. The van der Waals surface area contributed by atoms with E-state index in [1.54, 1.807) is 23.9 Å². The van der Waals surface area contributed by atoms with Crippen LogP contribution in [0.15, 0.2) is 29.2 Å². The molecule has 86 valence electrons. The van der Waals surface area contributed by atoms with Gasteiger partial charge in [-0.05, 0) is 12.1 Å². The van der Waals surface area contributed by atoms with Gasteiger partial charge in [0.25, 0.3) is 0 Å². The third-order valence-corrected chi connectivity index (χ3v) is 2.88. The number of hydrogen-bond acceptors (Lipinski definition) is 3. The Labute approximate surface area is 98.9 Å². The molecule has 0 unspecified atom stereocenters. The number of carboxylic acid groups (broad SMARTS) is 1. The number of Topliss-reactive ketones (excluding diaryl/α,β-unsaturated/α-hetero) is 1. The number of thioether (sulfide) groups is 1. The quantitative estimate of drug-likeness (QED) is 0.487. The van der Waals surface area contributed by atoms with E-state index in [4.69, 9.17) is 5.11 Å². The van der Waals surface area contributed by atoms with E-state index in [0.717, 1.165) is 4.90 Å². The van der Waals surface area contributed by atoms with Gasteiger partial charge in [-0.1, -0.05) is 26.0 Å². The first kappa shape index (κ1) is 12.8. The van der Waals surface area contributed by atoms with E-state index in [0.29, 0.717) is 10.8 Å². The van der Waals surface area contributed by atoms with E-state index >= 15 is 0 Å². The van der Waals surface area contributed by atoms with Crippen molar-refractivity contribution in [3.63, 3.8) is 0 Å². The van der Waals surface area contributed by atoms with Gasteiger partial charge in [-0.25, -0.2) is 0 Å². The van der Waals surface area contributed by atoms with E-state index < -0.39 is 12.4 Å². The molecule has 0 aliphatic carbocycles. The van der Waals surface area contributed by atoms with Crippen LogP contribution in [0.1, 0.15) is 30.6 Å². The average Bonchev–Trinajstić information content (AvgIpc) is 2.16. The van der Waals surface area contributed by atoms with E-state index in [2.05, 4.69) is 13.8 Å². The summed E-state index contributed by atoms with van der Waals surface area (Å²) >= 11 is 1.71. The topological polar surface area (TPSA) is 54.4 Å². The molecule has 1 N–H and O–H groups in total. The second-order valence-corrected chi connectivity index (χ2v) is 5.33. The Bertz CT molecular complexity index is 382. The van der Waals surface area contributed by atoms with Crippen LogP contribution < -0.4 is 0 Å². The number of carbonyl (C=O) groups excluding carboxylic acids is 1. The molecule has 3 nitrogen and oxygen atoms in total. The largest absolute Gasteiger partial charge is 0.481 e. The third kappa shape index (κ3) is 4.06. The first-order chi connectivity index (χ1) is 7.49. The van der Waals surface area contributed by atoms with Crippen molar-refractivity contribution in [1.29, 1.82) is 0 Å². The lowest BCUT2D eigenvalue weighted by Gasteiger charge is -2.05. The van der Waals surface area contributed by atoms with Crippen LogP contribution in [-0.2, 0) is 4.79 Å². The van der Waals surface area contributed by atoms with Gasteiger partial charge in [0.15, 0.2) is 5.78 Å². The van der Waals surface area contributed by atoms with Gasteiger partial charge in [0.1, 0.15) is 6.42 Å². The summed E-state index contributed by atoms with van der Waals surface area (Å²) in [5.74, 6) is -1.45. The molecular weight excluding hydrogens is 224 g/mol. The average molecular weight is 238 g/mol. The molecule has 0 atom stereocenters. The summed E-state index contributed by atoms with van der Waals surface area (Å²) in [6.45, 7) is 4.18. The molecule has 0 spiro atoms. The first-order valence-electron chi connectivity index (χ1n) is 5.00. The molecule has 0 aliphatic heterocycles. The summed E-state index contributed by atoms with van der Waals surface area (Å²) in [7, 11) is 0. The second kappa shape index (κ2) is 5.70. The van der Waals surface area contributed by atoms with Gasteiger partial charge in [-0.15, -0.1) is 11.8 Å². The number of ketones is 1. The van der Waals surface area contributed by atoms with Crippen LogP contribution in [-0.4, -0.2) is 22.1 Å². The monoisotopic (exact) mass is 238 g/mol. The Morgan fingerprint density at radius 2 is 1.81 bits per heavy atom. The predicted molar refractivity (Wildman–Crippen MR) is 64.0 cm³/mol. The molecule has 0 aliphatic rings. The van der Waals surface area contributed by atoms with Gasteiger partial charge in [-0.2, -0.15) is 0 Å². The van der Waals surface area contributed by atoms with Crippen LogP contribution in [0.4, 0.5) is 0 Å². The van der Waals surface area contributed by atoms with Crippen molar-refractivity contribution < 1.29 is 14.7 Å². The molecule has 4 heteroatoms. The first-order valence-corrected chi connectivity index (χ1v) is 5.88. The molecule has 0 aromatic heterocycles. The predicted octanol–water partition coefficient (Wildman–Crippen LogP) is 2.84. The van der Waals surface area contributed by atoms with Crippen LogP contribution >= 0.6 is 11.8 Å². The van der Waals surface area contributed by atoms with Gasteiger partial charge in [-0.3, -0.25) is 9.59 Å². The molecule has 0 saturated carbocycles. The molecule has 0 amide bonds. The number of rotatable bonds is 5. The summed E-state index contributed by atoms with van der Waals surface area (Å²) in [4.78, 5) is 22.9. The highest BCUT2D eigenvalue weighted by Gasteiger charge is 2.10. The van der Waals surface area contributed by atoms with Gasteiger partial charge in [0.05, 0.1) is 0 Å². The van der Waals surface area contributed by atoms with Crippen LogP contribution in [0.3, 0.4) is 0 Å². The maximum absolute atomic E-state index is 11.4. The van der Waals surface area contributed by atoms with Crippen molar-refractivity contribution in [2.24, 2.45) is 0 Å². The fourth-order valence-electron chi connectivity index (χ4n) is 1.23. The normalized spacial score (nSPS) is 10.4. The van der Waals surface area contributed by atoms with Crippen LogP contribution in [0.25, 0.3) is 0 Å². The Kier molecular flexibility index (Phi) is 4.55. The Hall–Kier alpha value is -1.29. The number of hydrogen-bond donors (Lipinski definition) is 1. The standard InChI is InChI=1S/C12H14O3S/c1-8(2)16-10-5-3-9(4-6-10)11(13)7-12(14)15/h3-6,8H,7H2,1-2H3,(H,14,15). The van der Waals surface area contributed by atoms with E-state index in [9.17, 15) is 9.59 Å². The van der Waals surface area contributed by atoms with E-state index in [1.807, 2.05) is 12.1 Å². The second-order valence-electron chi connectivity index (χ2n) is 3.68. The molecule has 1 aromatic rings. The lowest BCUT2D eigenvalue weighted by molar-refractivity contribution is -0.135. The number of benzene rings is 1.